The molecule has 0 saturated heterocycles. The van der Waals surface area contributed by atoms with Crippen molar-refractivity contribution in [3.63, 3.8) is 0 Å². The van der Waals surface area contributed by atoms with E-state index in [-0.39, 0.29) is 11.5 Å². The fraction of sp³-hybridized carbons (Fsp3) is 0.500. The quantitative estimate of drug-likeness (QED) is 0.700. The first kappa shape index (κ1) is 8.97. The molecular weight excluding hydrogens is 184 g/mol. The summed E-state index contributed by atoms with van der Waals surface area (Å²) in [5.41, 5.74) is 7.37. The van der Waals surface area contributed by atoms with Crippen LogP contribution in [0.5, 0.6) is 0 Å². The highest BCUT2D eigenvalue weighted by Gasteiger charge is 2.56. The van der Waals surface area contributed by atoms with Crippen LogP contribution in [-0.4, -0.2) is 11.0 Å². The van der Waals surface area contributed by atoms with Crippen molar-refractivity contribution < 1.29 is 0 Å². The van der Waals surface area contributed by atoms with Crippen molar-refractivity contribution in [2.75, 3.05) is 0 Å². The summed E-state index contributed by atoms with van der Waals surface area (Å²) in [4.78, 5) is 4.05. The normalized spacial score (nSPS) is 30.2. The Bertz CT molecular complexity index is 318. The summed E-state index contributed by atoms with van der Waals surface area (Å²) in [6.07, 6.45) is 1.82. The standard InChI is InChI=1S/C10H13ClN2/c1-10(2)8(9(10)12)6-3-4-7(11)13-5-6/h3-5,8-9H,12H2,1-2H3. The van der Waals surface area contributed by atoms with Gasteiger partial charge in [-0.2, -0.15) is 0 Å². The molecule has 0 aliphatic heterocycles. The summed E-state index contributed by atoms with van der Waals surface area (Å²) in [6.45, 7) is 4.36. The maximum Gasteiger partial charge on any atom is 0.129 e. The Morgan fingerprint density at radius 2 is 2.08 bits per heavy atom. The molecule has 13 heavy (non-hydrogen) atoms. The van der Waals surface area contributed by atoms with E-state index in [0.29, 0.717) is 11.1 Å². The molecule has 2 atom stereocenters. The topological polar surface area (TPSA) is 38.9 Å². The summed E-state index contributed by atoms with van der Waals surface area (Å²) >= 11 is 5.70. The van der Waals surface area contributed by atoms with Crippen molar-refractivity contribution in [1.29, 1.82) is 0 Å². The molecule has 1 fully saturated rings. The lowest BCUT2D eigenvalue weighted by Crippen LogP contribution is -2.06. The second kappa shape index (κ2) is 2.69. The van der Waals surface area contributed by atoms with Crippen LogP contribution in [0, 0.1) is 5.41 Å². The summed E-state index contributed by atoms with van der Waals surface area (Å²) in [5, 5.41) is 0.538. The molecule has 3 heteroatoms. The molecule has 1 aromatic heterocycles. The summed E-state index contributed by atoms with van der Waals surface area (Å²) in [7, 11) is 0. The SMILES string of the molecule is CC1(C)C(N)C1c1ccc(Cl)nc1. The molecule has 0 aromatic carbocycles. The number of pyridine rings is 1. The van der Waals surface area contributed by atoms with Crippen LogP contribution >= 0.6 is 11.6 Å². The van der Waals surface area contributed by atoms with Crippen LogP contribution in [0.1, 0.15) is 25.3 Å². The minimum absolute atomic E-state index is 0.218. The molecule has 1 saturated carbocycles. The van der Waals surface area contributed by atoms with Crippen LogP contribution in [0.25, 0.3) is 0 Å². The van der Waals surface area contributed by atoms with Gasteiger partial charge in [-0.3, -0.25) is 0 Å². The van der Waals surface area contributed by atoms with Crippen LogP contribution in [0.15, 0.2) is 18.3 Å². The van der Waals surface area contributed by atoms with Crippen molar-refractivity contribution in [2.45, 2.75) is 25.8 Å². The smallest absolute Gasteiger partial charge is 0.129 e. The van der Waals surface area contributed by atoms with Gasteiger partial charge in [0.25, 0.3) is 0 Å². The van der Waals surface area contributed by atoms with E-state index in [1.807, 2.05) is 18.3 Å². The average molecular weight is 197 g/mol. The molecule has 0 bridgehead atoms. The molecule has 70 valence electrons. The van der Waals surface area contributed by atoms with E-state index in [2.05, 4.69) is 18.8 Å². The zero-order valence-corrected chi connectivity index (χ0v) is 8.55. The largest absolute Gasteiger partial charge is 0.327 e. The van der Waals surface area contributed by atoms with Gasteiger partial charge >= 0.3 is 0 Å². The Morgan fingerprint density at radius 1 is 1.46 bits per heavy atom. The molecule has 2 N–H and O–H groups in total. The average Bonchev–Trinajstić information content (AvgIpc) is 2.55. The van der Waals surface area contributed by atoms with Gasteiger partial charge in [0.2, 0.25) is 0 Å². The summed E-state index contributed by atoms with van der Waals surface area (Å²) in [6, 6.07) is 4.09. The molecule has 0 radical (unpaired) electrons. The van der Waals surface area contributed by atoms with Crippen molar-refractivity contribution >= 4 is 11.6 Å². The van der Waals surface area contributed by atoms with Gasteiger partial charge in [-0.25, -0.2) is 4.98 Å². The lowest BCUT2D eigenvalue weighted by Gasteiger charge is -2.01. The number of halogens is 1. The third-order valence-electron chi connectivity index (χ3n) is 3.02. The van der Waals surface area contributed by atoms with E-state index >= 15 is 0 Å². The van der Waals surface area contributed by atoms with Crippen LogP contribution < -0.4 is 5.73 Å². The first-order valence-corrected chi connectivity index (χ1v) is 4.78. The Labute approximate surface area is 83.1 Å². The third-order valence-corrected chi connectivity index (χ3v) is 3.24. The fourth-order valence-corrected chi connectivity index (χ4v) is 2.00. The predicted octanol–water partition coefficient (Wildman–Crippen LogP) is 2.19. The number of hydrogen-bond acceptors (Lipinski definition) is 2. The van der Waals surface area contributed by atoms with Gasteiger partial charge in [0, 0.05) is 18.2 Å². The van der Waals surface area contributed by atoms with Gasteiger partial charge < -0.3 is 5.73 Å². The first-order chi connectivity index (χ1) is 6.03. The van der Waals surface area contributed by atoms with E-state index < -0.39 is 0 Å². The molecule has 1 aliphatic carbocycles. The second-order valence-corrected chi connectivity index (χ2v) is 4.63. The van der Waals surface area contributed by atoms with Crippen molar-refractivity contribution in [3.05, 3.63) is 29.0 Å². The van der Waals surface area contributed by atoms with Crippen LogP contribution in [0.4, 0.5) is 0 Å². The minimum Gasteiger partial charge on any atom is -0.327 e. The molecule has 0 spiro atoms. The summed E-state index contributed by atoms with van der Waals surface area (Å²) < 4.78 is 0. The Hall–Kier alpha value is -0.600. The van der Waals surface area contributed by atoms with Crippen molar-refractivity contribution in [1.82, 2.24) is 4.98 Å². The highest BCUT2D eigenvalue weighted by molar-refractivity contribution is 6.29. The molecule has 2 unspecified atom stereocenters. The molecule has 1 aromatic rings. The maximum atomic E-state index is 5.95. The number of aromatic nitrogens is 1. The number of rotatable bonds is 1. The van der Waals surface area contributed by atoms with Gasteiger partial charge in [0.1, 0.15) is 5.15 Å². The van der Waals surface area contributed by atoms with Crippen LogP contribution in [0.3, 0.4) is 0 Å². The van der Waals surface area contributed by atoms with E-state index in [9.17, 15) is 0 Å². The van der Waals surface area contributed by atoms with Gasteiger partial charge in [-0.05, 0) is 17.0 Å². The Balaban J connectivity index is 2.25. The number of nitrogens with two attached hydrogens (primary N) is 1. The highest BCUT2D eigenvalue weighted by atomic mass is 35.5. The molecule has 0 amide bonds. The van der Waals surface area contributed by atoms with Gasteiger partial charge in [0.15, 0.2) is 0 Å². The molecule has 1 aliphatic rings. The number of hydrogen-bond donors (Lipinski definition) is 1. The molecule has 2 nitrogen and oxygen atoms in total. The summed E-state index contributed by atoms with van der Waals surface area (Å²) in [5.74, 6) is 0.442. The predicted molar refractivity (Wildman–Crippen MR) is 53.7 cm³/mol. The number of nitrogens with zero attached hydrogens (tertiary/aromatic N) is 1. The second-order valence-electron chi connectivity index (χ2n) is 4.24. The van der Waals surface area contributed by atoms with E-state index in [1.165, 1.54) is 5.56 Å². The van der Waals surface area contributed by atoms with Crippen LogP contribution in [-0.2, 0) is 0 Å². The van der Waals surface area contributed by atoms with Crippen LogP contribution in [0.2, 0.25) is 5.15 Å². The van der Waals surface area contributed by atoms with Gasteiger partial charge in [-0.1, -0.05) is 31.5 Å². The fourth-order valence-electron chi connectivity index (χ4n) is 1.89. The molecule has 1 heterocycles. The van der Waals surface area contributed by atoms with Gasteiger partial charge in [-0.15, -0.1) is 0 Å². The zero-order chi connectivity index (χ0) is 9.64. The maximum absolute atomic E-state index is 5.95. The van der Waals surface area contributed by atoms with Crippen molar-refractivity contribution in [3.8, 4) is 0 Å². The monoisotopic (exact) mass is 196 g/mol. The highest BCUT2D eigenvalue weighted by Crippen LogP contribution is 2.57. The van der Waals surface area contributed by atoms with Gasteiger partial charge in [0.05, 0.1) is 0 Å². The molecular formula is C10H13ClN2. The van der Waals surface area contributed by atoms with E-state index in [4.69, 9.17) is 17.3 Å². The van der Waals surface area contributed by atoms with E-state index in [1.54, 1.807) is 0 Å². The Morgan fingerprint density at radius 3 is 2.46 bits per heavy atom. The lowest BCUT2D eigenvalue weighted by atomic mass is 10.1. The first-order valence-electron chi connectivity index (χ1n) is 4.40. The third kappa shape index (κ3) is 1.34. The lowest BCUT2D eigenvalue weighted by molar-refractivity contribution is 0.598. The molecule has 2 rings (SSSR count). The Kier molecular flexibility index (Phi) is 1.86. The minimum atomic E-state index is 0.218. The van der Waals surface area contributed by atoms with Crippen molar-refractivity contribution in [2.24, 2.45) is 11.1 Å². The van der Waals surface area contributed by atoms with E-state index in [0.717, 1.165) is 0 Å². The zero-order valence-electron chi connectivity index (χ0n) is 7.79.